The van der Waals surface area contributed by atoms with Crippen LogP contribution in [0.1, 0.15) is 47.3 Å². The molecule has 0 spiro atoms. The highest BCUT2D eigenvalue weighted by Gasteiger charge is 2.37. The summed E-state index contributed by atoms with van der Waals surface area (Å²) in [5, 5.41) is 1.95. The van der Waals surface area contributed by atoms with Gasteiger partial charge in [0.15, 0.2) is 0 Å². The van der Waals surface area contributed by atoms with E-state index in [9.17, 15) is 35.7 Å². The molecule has 2 aromatic rings. The molecule has 15 heteroatoms. The van der Waals surface area contributed by atoms with Crippen molar-refractivity contribution in [2.24, 2.45) is 0 Å². The fourth-order valence-electron chi connectivity index (χ4n) is 2.47. The smallest absolute Gasteiger partial charge is 0.400 e. The van der Waals surface area contributed by atoms with Gasteiger partial charge in [0.05, 0.1) is 30.9 Å². The number of alkyl halides is 6. The lowest BCUT2D eigenvalue weighted by molar-refractivity contribution is -0.253. The van der Waals surface area contributed by atoms with E-state index >= 15 is 0 Å². The number of nitrogens with one attached hydrogen (secondary N) is 1. The maximum absolute atomic E-state index is 13.1. The van der Waals surface area contributed by atoms with Gasteiger partial charge in [-0.2, -0.15) is 26.3 Å². The van der Waals surface area contributed by atoms with E-state index in [1.165, 1.54) is 25.5 Å². The minimum Gasteiger partial charge on any atom is -0.400 e. The predicted molar refractivity (Wildman–Crippen MR) is 116 cm³/mol. The van der Waals surface area contributed by atoms with Gasteiger partial charge in [-0.3, -0.25) is 4.79 Å². The fourth-order valence-corrected chi connectivity index (χ4v) is 3.32. The van der Waals surface area contributed by atoms with Crippen LogP contribution in [-0.4, -0.2) is 20.1 Å². The topological polar surface area (TPSA) is 92.3 Å². The van der Waals surface area contributed by atoms with Gasteiger partial charge in [-0.05, 0) is 37.3 Å². The van der Waals surface area contributed by atoms with Crippen molar-refractivity contribution in [1.29, 1.82) is 0 Å². The van der Waals surface area contributed by atoms with E-state index in [1.54, 1.807) is 0 Å². The molecule has 0 aliphatic rings. The van der Waals surface area contributed by atoms with Crippen LogP contribution >= 0.6 is 7.82 Å². The van der Waals surface area contributed by atoms with Gasteiger partial charge >= 0.3 is 20.2 Å². The van der Waals surface area contributed by atoms with Crippen molar-refractivity contribution in [2.75, 3.05) is 19.5 Å². The maximum atomic E-state index is 13.1. The van der Waals surface area contributed by atoms with Crippen LogP contribution in [0.15, 0.2) is 36.4 Å². The zero-order chi connectivity index (χ0) is 27.7. The SMILES string of the molecule is CCC.COOP(=O)(OOC)Oc1ccc(C)cc1C(=O)Nc1cc(C(F)(F)F)cc(C(F)(F)F)c1. The molecule has 8 nitrogen and oxygen atoms in total. The van der Waals surface area contributed by atoms with Crippen molar-refractivity contribution in [3.63, 3.8) is 0 Å². The van der Waals surface area contributed by atoms with Gasteiger partial charge in [-0.25, -0.2) is 14.3 Å². The van der Waals surface area contributed by atoms with Crippen LogP contribution in [-0.2, 0) is 36.0 Å². The van der Waals surface area contributed by atoms with Gasteiger partial charge in [0, 0.05) is 5.69 Å². The van der Waals surface area contributed by atoms with Gasteiger partial charge in [-0.15, -0.1) is 9.35 Å². The largest absolute Gasteiger partial charge is 0.585 e. The van der Waals surface area contributed by atoms with Gasteiger partial charge in [-0.1, -0.05) is 31.9 Å². The van der Waals surface area contributed by atoms with Crippen molar-refractivity contribution in [1.82, 2.24) is 0 Å². The van der Waals surface area contributed by atoms with Crippen LogP contribution in [0.5, 0.6) is 5.75 Å². The minimum absolute atomic E-state index is 0.0860. The monoisotopic (exact) mass is 547 g/mol. The summed E-state index contributed by atoms with van der Waals surface area (Å²) in [6.45, 7) is 5.78. The summed E-state index contributed by atoms with van der Waals surface area (Å²) >= 11 is 0. The molecule has 0 heterocycles. The predicted octanol–water partition coefficient (Wildman–Crippen LogP) is 7.34. The van der Waals surface area contributed by atoms with E-state index in [-0.39, 0.29) is 6.07 Å². The number of carbonyl (C=O) groups is 1. The number of anilines is 1. The first kappa shape index (κ1) is 31.4. The van der Waals surface area contributed by atoms with Gasteiger partial charge in [0.2, 0.25) is 0 Å². The zero-order valence-corrected chi connectivity index (χ0v) is 20.6. The Kier molecular flexibility index (Phi) is 11.4. The third-order valence-corrected chi connectivity index (χ3v) is 4.85. The van der Waals surface area contributed by atoms with Crippen LogP contribution in [0.2, 0.25) is 0 Å². The number of aryl methyl sites for hydroxylation is 1. The molecule has 0 saturated carbocycles. The summed E-state index contributed by atoms with van der Waals surface area (Å²) in [4.78, 5) is 21.2. The molecule has 0 bridgehead atoms. The molecule has 2 aromatic carbocycles. The van der Waals surface area contributed by atoms with Crippen LogP contribution in [0.25, 0.3) is 0 Å². The molecule has 0 aliphatic carbocycles. The zero-order valence-electron chi connectivity index (χ0n) is 19.7. The van der Waals surface area contributed by atoms with Crippen LogP contribution < -0.4 is 9.84 Å². The Morgan fingerprint density at radius 1 is 0.889 bits per heavy atom. The first-order chi connectivity index (χ1) is 16.6. The second-order valence-electron chi connectivity index (χ2n) is 6.98. The lowest BCUT2D eigenvalue weighted by Crippen LogP contribution is -2.17. The highest BCUT2D eigenvalue weighted by atomic mass is 31.2. The second kappa shape index (κ2) is 13.1. The van der Waals surface area contributed by atoms with E-state index in [0.717, 1.165) is 20.3 Å². The third kappa shape index (κ3) is 9.43. The number of phosphoric acid groups is 1. The Hall–Kier alpha value is -2.64. The van der Waals surface area contributed by atoms with E-state index < -0.39 is 54.2 Å². The average Bonchev–Trinajstić information content (AvgIpc) is 2.74. The Morgan fingerprint density at radius 3 is 1.78 bits per heavy atom. The molecule has 0 aliphatic heterocycles. The molecule has 202 valence electrons. The average molecular weight is 547 g/mol. The molecule has 1 N–H and O–H groups in total. The molecule has 1 amide bonds. The van der Waals surface area contributed by atoms with E-state index in [4.69, 9.17) is 4.52 Å². The summed E-state index contributed by atoms with van der Waals surface area (Å²) in [5.74, 6) is -1.64. The molecular weight excluding hydrogens is 523 g/mol. The molecule has 2 rings (SSSR count). The Labute approximate surface area is 202 Å². The quantitative estimate of drug-likeness (QED) is 0.160. The molecule has 0 fully saturated rings. The number of halogens is 6. The third-order valence-electron chi connectivity index (χ3n) is 3.77. The standard InChI is InChI=1S/C18H16F6NO7P.C3H8/c1-10-4-5-15(30-33(27,31-28-2)32-29-3)14(6-10)16(26)25-13-8-11(17(19,20)21)7-12(9-13)18(22,23)24;1-3-2/h4-9H,1-3H3,(H,25,26);3H2,1-2H3. The van der Waals surface area contributed by atoms with Gasteiger partial charge < -0.3 is 9.84 Å². The van der Waals surface area contributed by atoms with E-state index in [0.29, 0.717) is 17.7 Å². The second-order valence-corrected chi connectivity index (χ2v) is 8.35. The number of hydrogen-bond acceptors (Lipinski definition) is 7. The minimum atomic E-state index is -5.11. The van der Waals surface area contributed by atoms with E-state index in [2.05, 4.69) is 33.0 Å². The van der Waals surface area contributed by atoms with Crippen molar-refractivity contribution in [3.05, 3.63) is 58.7 Å². The van der Waals surface area contributed by atoms with Crippen molar-refractivity contribution in [2.45, 2.75) is 39.5 Å². The Morgan fingerprint density at radius 2 is 1.36 bits per heavy atom. The van der Waals surface area contributed by atoms with Gasteiger partial charge in [0.1, 0.15) is 5.75 Å². The molecule has 0 aromatic heterocycles. The molecule has 0 saturated heterocycles. The fraction of sp³-hybridized carbons (Fsp3) is 0.381. The summed E-state index contributed by atoms with van der Waals surface area (Å²) in [6, 6.07) is 4.29. The van der Waals surface area contributed by atoms with Gasteiger partial charge in [0.25, 0.3) is 5.91 Å². The van der Waals surface area contributed by atoms with Crippen LogP contribution in [0.4, 0.5) is 32.0 Å². The molecule has 36 heavy (non-hydrogen) atoms. The first-order valence-electron chi connectivity index (χ1n) is 10.1. The lowest BCUT2D eigenvalue weighted by Gasteiger charge is -2.18. The van der Waals surface area contributed by atoms with Crippen molar-refractivity contribution >= 4 is 19.4 Å². The summed E-state index contributed by atoms with van der Waals surface area (Å²) < 4.78 is 105. The van der Waals surface area contributed by atoms with Crippen molar-refractivity contribution in [3.8, 4) is 5.75 Å². The Bertz CT molecular complexity index is 1030. The lowest BCUT2D eigenvalue weighted by atomic mass is 10.1. The number of hydrogen-bond donors (Lipinski definition) is 1. The molecular formula is C21H24F6NO7P. The van der Waals surface area contributed by atoms with Crippen LogP contribution in [0.3, 0.4) is 0 Å². The highest BCUT2D eigenvalue weighted by Crippen LogP contribution is 2.50. The maximum Gasteiger partial charge on any atom is 0.585 e. The van der Waals surface area contributed by atoms with Crippen molar-refractivity contribution < 1.29 is 59.3 Å². The number of amides is 1. The van der Waals surface area contributed by atoms with E-state index in [1.807, 2.05) is 5.32 Å². The van der Waals surface area contributed by atoms with Crippen LogP contribution in [0, 0.1) is 6.92 Å². The number of rotatable bonds is 8. The molecule has 0 radical (unpaired) electrons. The summed E-state index contributed by atoms with van der Waals surface area (Å²) in [6.07, 6.45) is -8.97. The normalized spacial score (nSPS) is 12.0. The Balaban J connectivity index is 0.00000205. The summed E-state index contributed by atoms with van der Waals surface area (Å²) in [5.41, 5.74) is -4.01. The molecule has 0 atom stereocenters. The highest BCUT2D eigenvalue weighted by molar-refractivity contribution is 7.48. The first-order valence-corrected chi connectivity index (χ1v) is 11.5. The molecule has 0 unspecified atom stereocenters. The number of carbonyl (C=O) groups excluding carboxylic acids is 1. The summed E-state index contributed by atoms with van der Waals surface area (Å²) in [7, 11) is -2.66. The number of benzene rings is 2.